The van der Waals surface area contributed by atoms with Crippen molar-refractivity contribution in [1.29, 1.82) is 0 Å². The standard InChI is InChI=1S/C11H17N2O14P3/c14-6-1-2-13(10(17)12-6)7-5-3-11(5,9(16)8(7)15)4-25-29(21,22)27-30(23,24)26-28(18,19)20/h1-2,5,7-9,15-16H,3-4H2,(H,21,22)(H,23,24)(H,12,14,17)(H2,18,19,20)/t5-,7-,8+,9+,11?/m1/s1. The number of phosphoric acid groups is 3. The van der Waals surface area contributed by atoms with Crippen LogP contribution in [0.3, 0.4) is 0 Å². The number of aliphatic hydroxyl groups is 2. The molecular formula is C11H17N2O14P3. The van der Waals surface area contributed by atoms with Crippen LogP contribution in [0.4, 0.5) is 0 Å². The fraction of sp³-hybridized carbons (Fsp3) is 0.636. The van der Waals surface area contributed by atoms with Gasteiger partial charge in [0.25, 0.3) is 5.56 Å². The quantitative estimate of drug-likeness (QED) is 0.196. The van der Waals surface area contributed by atoms with Gasteiger partial charge < -0.3 is 29.8 Å². The van der Waals surface area contributed by atoms with E-state index in [4.69, 9.17) is 14.7 Å². The van der Waals surface area contributed by atoms with Gasteiger partial charge in [-0.1, -0.05) is 0 Å². The molecule has 1 heterocycles. The topological polar surface area (TPSA) is 255 Å². The number of nitrogens with zero attached hydrogens (tertiary/aromatic N) is 1. The molecule has 0 radical (unpaired) electrons. The van der Waals surface area contributed by atoms with Gasteiger partial charge in [-0.15, -0.1) is 0 Å². The van der Waals surface area contributed by atoms with E-state index in [9.17, 15) is 38.4 Å². The summed E-state index contributed by atoms with van der Waals surface area (Å²) in [6, 6.07) is 0.0171. The van der Waals surface area contributed by atoms with Crippen LogP contribution in [0.25, 0.3) is 0 Å². The minimum absolute atomic E-state index is 0.108. The number of aromatic nitrogens is 2. The van der Waals surface area contributed by atoms with Crippen LogP contribution in [0.5, 0.6) is 0 Å². The molecule has 2 fully saturated rings. The summed E-state index contributed by atoms with van der Waals surface area (Å²) >= 11 is 0. The van der Waals surface area contributed by atoms with Gasteiger partial charge in [-0.3, -0.25) is 18.9 Å². The van der Waals surface area contributed by atoms with Crippen LogP contribution in [-0.4, -0.2) is 58.2 Å². The van der Waals surface area contributed by atoms with Gasteiger partial charge in [0, 0.05) is 17.7 Å². The number of fused-ring (bicyclic) bond motifs is 1. The molecule has 170 valence electrons. The van der Waals surface area contributed by atoms with E-state index in [2.05, 4.69) is 13.1 Å². The Balaban J connectivity index is 1.73. The fourth-order valence-electron chi connectivity index (χ4n) is 3.69. The highest BCUT2D eigenvalue weighted by Crippen LogP contribution is 2.70. The number of phosphoric ester groups is 1. The molecule has 2 aliphatic carbocycles. The van der Waals surface area contributed by atoms with E-state index in [1.807, 2.05) is 4.98 Å². The van der Waals surface area contributed by atoms with Gasteiger partial charge in [0.05, 0.1) is 18.8 Å². The van der Waals surface area contributed by atoms with Crippen molar-refractivity contribution in [2.75, 3.05) is 6.61 Å². The first-order chi connectivity index (χ1) is 13.6. The number of hydrogen-bond acceptors (Lipinski definition) is 10. The Labute approximate surface area is 166 Å². The molecule has 7 atom stereocenters. The number of aliphatic hydroxyl groups excluding tert-OH is 2. The third-order valence-electron chi connectivity index (χ3n) is 4.94. The van der Waals surface area contributed by atoms with Gasteiger partial charge in [0.1, 0.15) is 6.10 Å². The summed E-state index contributed by atoms with van der Waals surface area (Å²) in [5, 5.41) is 20.7. The minimum Gasteiger partial charge on any atom is -0.390 e. The average Bonchev–Trinajstić information content (AvgIpc) is 3.21. The molecule has 1 aromatic heterocycles. The lowest BCUT2D eigenvalue weighted by Crippen LogP contribution is -2.40. The summed E-state index contributed by atoms with van der Waals surface area (Å²) in [6.45, 7) is -0.784. The number of aromatic amines is 1. The lowest BCUT2D eigenvalue weighted by Gasteiger charge is -2.24. The Morgan fingerprint density at radius 1 is 1.10 bits per heavy atom. The van der Waals surface area contributed by atoms with Crippen molar-refractivity contribution in [3.05, 3.63) is 33.1 Å². The van der Waals surface area contributed by atoms with Crippen molar-refractivity contribution >= 4 is 23.5 Å². The smallest absolute Gasteiger partial charge is 0.390 e. The normalized spacial score (nSPS) is 34.7. The summed E-state index contributed by atoms with van der Waals surface area (Å²) in [5.41, 5.74) is -2.86. The van der Waals surface area contributed by atoms with Gasteiger partial charge in [-0.2, -0.15) is 8.62 Å². The molecule has 0 bridgehead atoms. The summed E-state index contributed by atoms with van der Waals surface area (Å²) in [6.07, 6.45) is -1.84. The maximum atomic E-state index is 12.0. The van der Waals surface area contributed by atoms with Crippen LogP contribution in [0.15, 0.2) is 21.9 Å². The Kier molecular flexibility index (Phi) is 5.96. The van der Waals surface area contributed by atoms with E-state index < -0.39 is 70.9 Å². The molecule has 3 rings (SSSR count). The number of nitrogens with one attached hydrogen (secondary N) is 1. The zero-order chi connectivity index (χ0) is 22.7. The Bertz CT molecular complexity index is 1090. The number of H-pyrrole nitrogens is 1. The van der Waals surface area contributed by atoms with Crippen molar-refractivity contribution in [3.8, 4) is 0 Å². The van der Waals surface area contributed by atoms with E-state index in [0.717, 1.165) is 16.8 Å². The molecule has 16 nitrogen and oxygen atoms in total. The molecule has 30 heavy (non-hydrogen) atoms. The molecule has 0 aliphatic heterocycles. The van der Waals surface area contributed by atoms with Crippen molar-refractivity contribution in [2.45, 2.75) is 24.7 Å². The summed E-state index contributed by atoms with van der Waals surface area (Å²) in [4.78, 5) is 60.9. The van der Waals surface area contributed by atoms with E-state index in [-0.39, 0.29) is 6.42 Å². The van der Waals surface area contributed by atoms with E-state index in [1.165, 1.54) is 0 Å². The van der Waals surface area contributed by atoms with Crippen molar-refractivity contribution in [1.82, 2.24) is 9.55 Å². The highest BCUT2D eigenvalue weighted by molar-refractivity contribution is 7.66. The highest BCUT2D eigenvalue weighted by atomic mass is 31.3. The predicted octanol–water partition coefficient (Wildman–Crippen LogP) is -1.84. The van der Waals surface area contributed by atoms with Crippen LogP contribution in [0, 0.1) is 11.3 Å². The summed E-state index contributed by atoms with van der Waals surface area (Å²) in [7, 11) is -16.7. The second kappa shape index (κ2) is 7.55. The van der Waals surface area contributed by atoms with Crippen LogP contribution >= 0.6 is 23.5 Å². The summed E-state index contributed by atoms with van der Waals surface area (Å²) in [5.74, 6) is -0.640. The van der Waals surface area contributed by atoms with Crippen LogP contribution in [0.2, 0.25) is 0 Å². The lowest BCUT2D eigenvalue weighted by atomic mass is 10.0. The first-order valence-corrected chi connectivity index (χ1v) is 12.5. The maximum absolute atomic E-state index is 12.0. The molecule has 0 amide bonds. The Morgan fingerprint density at radius 3 is 2.30 bits per heavy atom. The SMILES string of the molecule is O=c1ccn([C@H]2[C@H](O)[C@H](O)C3(COP(=O)(O)OP(=O)(O)OP(=O)(O)O)C[C@H]23)c(=O)[nH]1. The fourth-order valence-corrected chi connectivity index (χ4v) is 6.79. The van der Waals surface area contributed by atoms with Gasteiger partial charge in [0.15, 0.2) is 0 Å². The lowest BCUT2D eigenvalue weighted by molar-refractivity contribution is -0.0306. The molecular weight excluding hydrogens is 477 g/mol. The van der Waals surface area contributed by atoms with Crippen LogP contribution in [0.1, 0.15) is 12.5 Å². The van der Waals surface area contributed by atoms with Crippen molar-refractivity contribution < 1.29 is 56.6 Å². The minimum atomic E-state index is -5.70. The van der Waals surface area contributed by atoms with Gasteiger partial charge in [-0.05, 0) is 12.3 Å². The first-order valence-electron chi connectivity index (χ1n) is 8.03. The van der Waals surface area contributed by atoms with Gasteiger partial charge in [0.2, 0.25) is 0 Å². The molecule has 3 unspecified atom stereocenters. The highest BCUT2D eigenvalue weighted by Gasteiger charge is 2.72. The molecule has 0 spiro atoms. The third-order valence-corrected chi connectivity index (χ3v) is 8.72. The molecule has 2 saturated carbocycles. The molecule has 19 heteroatoms. The zero-order valence-corrected chi connectivity index (χ0v) is 17.3. The summed E-state index contributed by atoms with van der Waals surface area (Å²) < 4.78 is 46.6. The second-order valence-corrected chi connectivity index (χ2v) is 11.3. The van der Waals surface area contributed by atoms with E-state index in [1.54, 1.807) is 0 Å². The number of hydrogen-bond donors (Lipinski definition) is 7. The Hall–Kier alpha value is -0.990. The van der Waals surface area contributed by atoms with Crippen LogP contribution in [-0.2, 0) is 26.8 Å². The largest absolute Gasteiger partial charge is 0.490 e. The average molecular weight is 494 g/mol. The molecule has 2 aliphatic rings. The maximum Gasteiger partial charge on any atom is 0.490 e. The van der Waals surface area contributed by atoms with Crippen LogP contribution < -0.4 is 11.2 Å². The van der Waals surface area contributed by atoms with E-state index >= 15 is 0 Å². The predicted molar refractivity (Wildman–Crippen MR) is 92.7 cm³/mol. The van der Waals surface area contributed by atoms with Gasteiger partial charge in [-0.25, -0.2) is 18.5 Å². The zero-order valence-electron chi connectivity index (χ0n) is 14.6. The first kappa shape index (κ1) is 23.7. The van der Waals surface area contributed by atoms with Crippen molar-refractivity contribution in [3.63, 3.8) is 0 Å². The molecule has 0 aromatic carbocycles. The van der Waals surface area contributed by atoms with E-state index in [0.29, 0.717) is 0 Å². The Morgan fingerprint density at radius 2 is 1.73 bits per heavy atom. The third kappa shape index (κ3) is 4.75. The van der Waals surface area contributed by atoms with Gasteiger partial charge >= 0.3 is 29.2 Å². The monoisotopic (exact) mass is 494 g/mol. The number of rotatable bonds is 8. The molecule has 7 N–H and O–H groups in total. The van der Waals surface area contributed by atoms with Crippen molar-refractivity contribution in [2.24, 2.45) is 11.3 Å². The molecule has 0 saturated heterocycles. The second-order valence-electron chi connectivity index (χ2n) is 6.85. The molecule has 1 aromatic rings.